The van der Waals surface area contributed by atoms with Gasteiger partial charge in [-0.3, -0.25) is 0 Å². The third-order valence-electron chi connectivity index (χ3n) is 7.04. The van der Waals surface area contributed by atoms with Crippen molar-refractivity contribution in [3.8, 4) is 5.75 Å². The van der Waals surface area contributed by atoms with Crippen molar-refractivity contribution in [2.75, 3.05) is 7.11 Å². The van der Waals surface area contributed by atoms with Gasteiger partial charge in [-0.05, 0) is 74.3 Å². The molecule has 6 rings (SSSR count). The summed E-state index contributed by atoms with van der Waals surface area (Å²) in [7, 11) is 1.70. The highest BCUT2D eigenvalue weighted by atomic mass is 17.3. The summed E-state index contributed by atoms with van der Waals surface area (Å²) < 4.78 is 5.98. The molecule has 5 aliphatic rings. The van der Waals surface area contributed by atoms with Crippen LogP contribution in [0.15, 0.2) is 18.2 Å². The van der Waals surface area contributed by atoms with E-state index in [9.17, 15) is 5.11 Å². The van der Waals surface area contributed by atoms with Crippen LogP contribution in [0.4, 0.5) is 0 Å². The van der Waals surface area contributed by atoms with Crippen LogP contribution in [0.25, 0.3) is 0 Å². The van der Waals surface area contributed by atoms with Crippen molar-refractivity contribution < 1.29 is 19.6 Å². The van der Waals surface area contributed by atoms with Gasteiger partial charge in [0.1, 0.15) is 5.75 Å². The van der Waals surface area contributed by atoms with Gasteiger partial charge < -0.3 is 9.84 Å². The highest BCUT2D eigenvalue weighted by Crippen LogP contribution is 2.69. The third kappa shape index (κ3) is 1.57. The van der Waals surface area contributed by atoms with Crippen LogP contribution < -0.4 is 0 Å². The van der Waals surface area contributed by atoms with Gasteiger partial charge >= 0.3 is 0 Å². The number of aryl methyl sites for hydroxylation is 1. The lowest BCUT2D eigenvalue weighted by molar-refractivity contribution is -0.645. The monoisotopic (exact) mass is 316 g/mol. The second-order valence-corrected chi connectivity index (χ2v) is 8.09. The molecule has 1 saturated heterocycles. The van der Waals surface area contributed by atoms with Crippen molar-refractivity contribution in [3.63, 3.8) is 0 Å². The van der Waals surface area contributed by atoms with Crippen molar-refractivity contribution in [3.05, 3.63) is 29.3 Å². The number of hydrogen-bond acceptors (Lipinski definition) is 4. The number of aromatic hydroxyl groups is 1. The van der Waals surface area contributed by atoms with E-state index in [-0.39, 0.29) is 11.4 Å². The molecule has 4 heteroatoms. The number of methoxy groups -OCH3 is 1. The summed E-state index contributed by atoms with van der Waals surface area (Å²) in [6.45, 7) is 1.90. The van der Waals surface area contributed by atoms with Gasteiger partial charge in [-0.2, -0.15) is 4.89 Å². The predicted molar refractivity (Wildman–Crippen MR) is 83.5 cm³/mol. The molecule has 5 fully saturated rings. The first-order valence-electron chi connectivity index (χ1n) is 8.81. The topological polar surface area (TPSA) is 47.9 Å². The molecular formula is C19H24O4. The van der Waals surface area contributed by atoms with E-state index in [0.717, 1.165) is 23.0 Å². The van der Waals surface area contributed by atoms with Crippen molar-refractivity contribution in [1.82, 2.24) is 0 Å². The molecule has 1 atom stereocenters. The molecule has 0 radical (unpaired) electrons. The van der Waals surface area contributed by atoms with Crippen molar-refractivity contribution in [2.45, 2.75) is 50.4 Å². The molecule has 1 aliphatic heterocycles. The maximum absolute atomic E-state index is 10.2. The summed E-state index contributed by atoms with van der Waals surface area (Å²) in [6.07, 6.45) is 6.28. The van der Waals surface area contributed by atoms with Crippen molar-refractivity contribution in [1.29, 1.82) is 0 Å². The first-order valence-corrected chi connectivity index (χ1v) is 8.81. The quantitative estimate of drug-likeness (QED) is 0.846. The lowest BCUT2D eigenvalue weighted by Gasteiger charge is -2.68. The van der Waals surface area contributed by atoms with E-state index in [0.29, 0.717) is 11.8 Å². The standard InChI is InChI=1S/C19H24O4/c1-11-3-4-14(10-17(11)20)19(21-2)18(22-23-19)15-6-12-5-13(8-15)9-16(18)7-12/h3-4,10,12-13,15-16,20H,5-9H2,1-2H3. The molecule has 4 bridgehead atoms. The second-order valence-electron chi connectivity index (χ2n) is 8.09. The van der Waals surface area contributed by atoms with Gasteiger partial charge in [0.2, 0.25) is 0 Å². The van der Waals surface area contributed by atoms with Crippen LogP contribution in [0.2, 0.25) is 0 Å². The number of rotatable bonds is 2. The third-order valence-corrected chi connectivity index (χ3v) is 7.04. The maximum atomic E-state index is 10.2. The van der Waals surface area contributed by atoms with Crippen LogP contribution >= 0.6 is 0 Å². The first-order chi connectivity index (χ1) is 11.1. The Morgan fingerprint density at radius 1 is 1.04 bits per heavy atom. The number of benzene rings is 1. The van der Waals surface area contributed by atoms with Crippen LogP contribution in [-0.2, 0) is 20.3 Å². The summed E-state index contributed by atoms with van der Waals surface area (Å²) in [5, 5.41) is 10.2. The molecule has 4 aliphatic carbocycles. The minimum atomic E-state index is -0.874. The van der Waals surface area contributed by atoms with Crippen molar-refractivity contribution >= 4 is 0 Å². The van der Waals surface area contributed by atoms with Gasteiger partial charge in [0, 0.05) is 12.7 Å². The zero-order valence-corrected chi connectivity index (χ0v) is 13.7. The molecular weight excluding hydrogens is 292 g/mol. The molecule has 4 nitrogen and oxygen atoms in total. The van der Waals surface area contributed by atoms with Crippen LogP contribution in [0.3, 0.4) is 0 Å². The Morgan fingerprint density at radius 2 is 1.70 bits per heavy atom. The molecule has 0 amide bonds. The molecule has 23 heavy (non-hydrogen) atoms. The molecule has 124 valence electrons. The Morgan fingerprint density at radius 3 is 2.17 bits per heavy atom. The van der Waals surface area contributed by atoms with Gasteiger partial charge in [0.15, 0.2) is 5.60 Å². The lowest BCUT2D eigenvalue weighted by Crippen LogP contribution is -2.76. The van der Waals surface area contributed by atoms with E-state index in [1.54, 1.807) is 13.2 Å². The van der Waals surface area contributed by atoms with Gasteiger partial charge in [0.05, 0.1) is 0 Å². The van der Waals surface area contributed by atoms with E-state index >= 15 is 0 Å². The lowest BCUT2D eigenvalue weighted by atomic mass is 9.47. The summed E-state index contributed by atoms with van der Waals surface area (Å²) in [5.41, 5.74) is 1.36. The maximum Gasteiger partial charge on any atom is 0.260 e. The Labute approximate surface area is 136 Å². The SMILES string of the molecule is COC1(c2ccc(C)c(O)c2)OOC12C1CC3CC(C1)CC2C3. The normalized spacial score (nSPS) is 47.0. The van der Waals surface area contributed by atoms with Gasteiger partial charge in [-0.15, -0.1) is 0 Å². The van der Waals surface area contributed by atoms with Crippen LogP contribution in [0.1, 0.15) is 43.2 Å². The Balaban J connectivity index is 1.62. The molecule has 1 spiro atoms. The Hall–Kier alpha value is -1.10. The second kappa shape index (κ2) is 4.50. The summed E-state index contributed by atoms with van der Waals surface area (Å²) in [6, 6.07) is 5.72. The van der Waals surface area contributed by atoms with E-state index < -0.39 is 5.79 Å². The average molecular weight is 316 g/mol. The fourth-order valence-electron chi connectivity index (χ4n) is 6.17. The Kier molecular flexibility index (Phi) is 2.79. The Bertz CT molecular complexity index is 623. The number of hydrogen-bond donors (Lipinski definition) is 1. The van der Waals surface area contributed by atoms with E-state index in [2.05, 4.69) is 0 Å². The van der Waals surface area contributed by atoms with Crippen LogP contribution in [0.5, 0.6) is 5.75 Å². The average Bonchev–Trinajstić information content (AvgIpc) is 2.50. The number of phenolic OH excluding ortho intramolecular Hbond substituents is 1. The van der Waals surface area contributed by atoms with Gasteiger partial charge in [-0.1, -0.05) is 12.1 Å². The largest absolute Gasteiger partial charge is 0.508 e. The van der Waals surface area contributed by atoms with Gasteiger partial charge in [0.25, 0.3) is 5.79 Å². The molecule has 1 N–H and O–H groups in total. The van der Waals surface area contributed by atoms with E-state index in [1.165, 1.54) is 32.1 Å². The minimum Gasteiger partial charge on any atom is -0.508 e. The zero-order chi connectivity index (χ0) is 15.8. The number of ether oxygens (including phenoxy) is 1. The minimum absolute atomic E-state index is 0.286. The summed E-state index contributed by atoms with van der Waals surface area (Å²) in [4.78, 5) is 11.6. The van der Waals surface area contributed by atoms with Crippen LogP contribution in [0, 0.1) is 30.6 Å². The van der Waals surface area contributed by atoms with E-state index in [4.69, 9.17) is 14.5 Å². The van der Waals surface area contributed by atoms with Crippen LogP contribution in [-0.4, -0.2) is 17.8 Å². The van der Waals surface area contributed by atoms with Crippen molar-refractivity contribution in [2.24, 2.45) is 23.7 Å². The zero-order valence-electron chi connectivity index (χ0n) is 13.7. The molecule has 1 heterocycles. The fraction of sp³-hybridized carbons (Fsp3) is 0.684. The molecule has 0 aromatic heterocycles. The molecule has 4 saturated carbocycles. The molecule has 1 unspecified atom stereocenters. The first kappa shape index (κ1) is 14.3. The smallest absolute Gasteiger partial charge is 0.260 e. The predicted octanol–water partition coefficient (Wildman–Crippen LogP) is 3.66. The molecule has 1 aromatic rings. The highest BCUT2D eigenvalue weighted by molar-refractivity contribution is 5.40. The summed E-state index contributed by atoms with van der Waals surface area (Å²) in [5.74, 6) is 2.11. The van der Waals surface area contributed by atoms with E-state index in [1.807, 2.05) is 19.1 Å². The fourth-order valence-corrected chi connectivity index (χ4v) is 6.17. The highest BCUT2D eigenvalue weighted by Gasteiger charge is 2.76. The molecule has 1 aromatic carbocycles. The summed E-state index contributed by atoms with van der Waals surface area (Å²) >= 11 is 0. The number of phenols is 1. The van der Waals surface area contributed by atoms with Gasteiger partial charge in [-0.25, -0.2) is 4.89 Å².